The Bertz CT molecular complexity index is 1290. The number of anilines is 1. The number of hydrogen-bond acceptors (Lipinski definition) is 4. The van der Waals surface area contributed by atoms with Gasteiger partial charge in [0.15, 0.2) is 0 Å². The zero-order chi connectivity index (χ0) is 24.6. The molecule has 3 aromatic carbocycles. The fraction of sp³-hybridized carbons (Fsp3) is 0.267. The van der Waals surface area contributed by atoms with Gasteiger partial charge in [0.05, 0.1) is 5.69 Å². The summed E-state index contributed by atoms with van der Waals surface area (Å²) in [6.45, 7) is 4.51. The van der Waals surface area contributed by atoms with Crippen molar-refractivity contribution in [3.05, 3.63) is 90.8 Å². The first-order chi connectivity index (χ1) is 17.8. The number of urea groups is 1. The molecule has 0 bridgehead atoms. The highest BCUT2D eigenvalue weighted by Crippen LogP contribution is 2.34. The summed E-state index contributed by atoms with van der Waals surface area (Å²) in [6, 6.07) is 24.0. The van der Waals surface area contributed by atoms with Crippen LogP contribution >= 0.6 is 0 Å². The third-order valence-electron chi connectivity index (χ3n) is 6.66. The molecule has 5 rings (SSSR count). The Kier molecular flexibility index (Phi) is 7.73. The highest BCUT2D eigenvalue weighted by Gasteiger charge is 2.12. The van der Waals surface area contributed by atoms with Crippen LogP contribution in [0.15, 0.2) is 85.2 Å². The van der Waals surface area contributed by atoms with E-state index in [1.54, 1.807) is 12.4 Å². The first-order valence-electron chi connectivity index (χ1n) is 12.7. The molecule has 1 aliphatic heterocycles. The fourth-order valence-electron chi connectivity index (χ4n) is 4.72. The second kappa shape index (κ2) is 11.7. The number of likely N-dealkylation sites (tertiary alicyclic amines) is 1. The molecule has 36 heavy (non-hydrogen) atoms. The van der Waals surface area contributed by atoms with Crippen LogP contribution in [0.3, 0.4) is 0 Å². The number of pyridine rings is 1. The van der Waals surface area contributed by atoms with E-state index in [1.807, 2.05) is 48.5 Å². The molecule has 1 fully saturated rings. The van der Waals surface area contributed by atoms with Crippen LogP contribution in [0.1, 0.15) is 24.8 Å². The van der Waals surface area contributed by atoms with Crippen molar-refractivity contribution in [3.63, 3.8) is 0 Å². The van der Waals surface area contributed by atoms with E-state index >= 15 is 0 Å². The van der Waals surface area contributed by atoms with Crippen LogP contribution in [-0.2, 0) is 6.54 Å². The molecule has 2 heterocycles. The molecular weight excluding hydrogens is 448 g/mol. The third kappa shape index (κ3) is 6.01. The van der Waals surface area contributed by atoms with E-state index in [1.165, 1.54) is 32.4 Å². The van der Waals surface area contributed by atoms with Gasteiger partial charge in [0, 0.05) is 30.9 Å². The molecule has 0 unspecified atom stereocenters. The number of piperidine rings is 1. The summed E-state index contributed by atoms with van der Waals surface area (Å²) < 4.78 is 6.01. The lowest BCUT2D eigenvalue weighted by atomic mass is 9.97. The van der Waals surface area contributed by atoms with Crippen LogP contribution in [-0.4, -0.2) is 42.2 Å². The van der Waals surface area contributed by atoms with Crippen molar-refractivity contribution in [2.75, 3.05) is 31.6 Å². The predicted octanol–water partition coefficient (Wildman–Crippen LogP) is 6.09. The topological polar surface area (TPSA) is 66.5 Å². The molecule has 0 aliphatic carbocycles. The highest BCUT2D eigenvalue weighted by molar-refractivity contribution is 6.07. The molecule has 6 nitrogen and oxygen atoms in total. The van der Waals surface area contributed by atoms with Crippen molar-refractivity contribution >= 4 is 22.5 Å². The van der Waals surface area contributed by atoms with Gasteiger partial charge in [-0.2, -0.15) is 0 Å². The van der Waals surface area contributed by atoms with E-state index in [0.29, 0.717) is 13.2 Å². The second-order valence-corrected chi connectivity index (χ2v) is 9.14. The van der Waals surface area contributed by atoms with Gasteiger partial charge in [0.1, 0.15) is 12.4 Å². The summed E-state index contributed by atoms with van der Waals surface area (Å²) in [5.74, 6) is 0.893. The van der Waals surface area contributed by atoms with Crippen molar-refractivity contribution in [3.8, 4) is 16.9 Å². The second-order valence-electron chi connectivity index (χ2n) is 9.14. The van der Waals surface area contributed by atoms with Gasteiger partial charge < -0.3 is 15.4 Å². The monoisotopic (exact) mass is 480 g/mol. The van der Waals surface area contributed by atoms with Gasteiger partial charge >= 0.3 is 6.03 Å². The lowest BCUT2D eigenvalue weighted by molar-refractivity contribution is 0.183. The van der Waals surface area contributed by atoms with E-state index < -0.39 is 0 Å². The predicted molar refractivity (Wildman–Crippen MR) is 145 cm³/mol. The van der Waals surface area contributed by atoms with Crippen molar-refractivity contribution in [2.24, 2.45) is 0 Å². The van der Waals surface area contributed by atoms with E-state index in [0.717, 1.165) is 45.4 Å². The van der Waals surface area contributed by atoms with Crippen molar-refractivity contribution < 1.29 is 9.53 Å². The number of rotatable bonds is 8. The quantitative estimate of drug-likeness (QED) is 0.320. The molecule has 1 aliphatic rings. The molecule has 6 heteroatoms. The SMILES string of the molecule is O=C(NCc1ccncc1)Nc1ccc(-c2ccc(OCCN3CCCCC3)cc2)c2ccccc12. The minimum Gasteiger partial charge on any atom is -0.492 e. The molecule has 2 N–H and O–H groups in total. The first kappa shape index (κ1) is 23.8. The molecule has 2 amide bonds. The number of benzene rings is 3. The highest BCUT2D eigenvalue weighted by atomic mass is 16.5. The number of hydrogen-bond donors (Lipinski definition) is 2. The fourth-order valence-corrected chi connectivity index (χ4v) is 4.72. The number of carbonyl (C=O) groups is 1. The van der Waals surface area contributed by atoms with Crippen LogP contribution in [0.2, 0.25) is 0 Å². The lowest BCUT2D eigenvalue weighted by Gasteiger charge is -2.26. The van der Waals surface area contributed by atoms with Gasteiger partial charge in [0.2, 0.25) is 0 Å². The van der Waals surface area contributed by atoms with E-state index in [4.69, 9.17) is 4.74 Å². The number of aromatic nitrogens is 1. The summed E-state index contributed by atoms with van der Waals surface area (Å²) in [6.07, 6.45) is 7.38. The molecule has 0 atom stereocenters. The first-order valence-corrected chi connectivity index (χ1v) is 12.7. The van der Waals surface area contributed by atoms with Crippen LogP contribution in [0.4, 0.5) is 10.5 Å². The Labute approximate surface area is 212 Å². The summed E-state index contributed by atoms with van der Waals surface area (Å²) in [5.41, 5.74) is 4.01. The average molecular weight is 481 g/mol. The Balaban J connectivity index is 1.25. The normalized spacial score (nSPS) is 13.9. The number of fused-ring (bicyclic) bond motifs is 1. The Hall–Kier alpha value is -3.90. The maximum Gasteiger partial charge on any atom is 0.319 e. The van der Waals surface area contributed by atoms with Gasteiger partial charge in [-0.05, 0) is 78.3 Å². The molecule has 1 saturated heterocycles. The van der Waals surface area contributed by atoms with E-state index in [-0.39, 0.29) is 6.03 Å². The molecule has 184 valence electrons. The summed E-state index contributed by atoms with van der Waals surface area (Å²) >= 11 is 0. The number of amides is 2. The van der Waals surface area contributed by atoms with Gasteiger partial charge in [-0.3, -0.25) is 9.88 Å². The van der Waals surface area contributed by atoms with Crippen LogP contribution < -0.4 is 15.4 Å². The van der Waals surface area contributed by atoms with E-state index in [2.05, 4.69) is 44.8 Å². The Morgan fingerprint density at radius 3 is 2.39 bits per heavy atom. The van der Waals surface area contributed by atoms with Crippen LogP contribution in [0, 0.1) is 0 Å². The minimum absolute atomic E-state index is 0.240. The number of nitrogens with zero attached hydrogens (tertiary/aromatic N) is 2. The molecular formula is C30H32N4O2. The van der Waals surface area contributed by atoms with Gasteiger partial charge in [-0.25, -0.2) is 4.79 Å². The van der Waals surface area contributed by atoms with Crippen molar-refractivity contribution in [1.29, 1.82) is 0 Å². The smallest absolute Gasteiger partial charge is 0.319 e. The van der Waals surface area contributed by atoms with Crippen LogP contribution in [0.5, 0.6) is 5.75 Å². The Morgan fingerprint density at radius 1 is 0.861 bits per heavy atom. The molecule has 0 spiro atoms. The zero-order valence-corrected chi connectivity index (χ0v) is 20.5. The summed E-state index contributed by atoms with van der Waals surface area (Å²) in [7, 11) is 0. The lowest BCUT2D eigenvalue weighted by Crippen LogP contribution is -2.33. The number of ether oxygens (including phenoxy) is 1. The molecule has 1 aromatic heterocycles. The maximum absolute atomic E-state index is 12.6. The third-order valence-corrected chi connectivity index (χ3v) is 6.66. The van der Waals surface area contributed by atoms with Crippen molar-refractivity contribution in [2.45, 2.75) is 25.8 Å². The minimum atomic E-state index is -0.240. The molecule has 0 radical (unpaired) electrons. The van der Waals surface area contributed by atoms with Gasteiger partial charge in [0.25, 0.3) is 0 Å². The number of nitrogens with one attached hydrogen (secondary N) is 2. The van der Waals surface area contributed by atoms with E-state index in [9.17, 15) is 4.79 Å². The van der Waals surface area contributed by atoms with Gasteiger partial charge in [-0.15, -0.1) is 0 Å². The standard InChI is InChI=1S/C30H32N4O2/c35-30(32-22-23-14-16-31-17-15-23)33-29-13-12-26(27-6-2-3-7-28(27)29)24-8-10-25(11-9-24)36-21-20-34-18-4-1-5-19-34/h2-3,6-17H,1,4-5,18-22H2,(H2,32,33,35). The largest absolute Gasteiger partial charge is 0.492 e. The van der Waals surface area contributed by atoms with Gasteiger partial charge in [-0.1, -0.05) is 48.9 Å². The molecule has 0 saturated carbocycles. The zero-order valence-electron chi connectivity index (χ0n) is 20.5. The maximum atomic E-state index is 12.6. The summed E-state index contributed by atoms with van der Waals surface area (Å²) in [5, 5.41) is 7.99. The Morgan fingerprint density at radius 2 is 1.61 bits per heavy atom. The van der Waals surface area contributed by atoms with Crippen LogP contribution in [0.25, 0.3) is 21.9 Å². The average Bonchev–Trinajstić information content (AvgIpc) is 2.94. The molecule has 4 aromatic rings. The number of carbonyl (C=O) groups excluding carboxylic acids is 1. The van der Waals surface area contributed by atoms with Crippen molar-refractivity contribution in [1.82, 2.24) is 15.2 Å². The summed E-state index contributed by atoms with van der Waals surface area (Å²) in [4.78, 5) is 19.0.